The summed E-state index contributed by atoms with van der Waals surface area (Å²) in [5.74, 6) is 0.779. The number of nitrogens with zero attached hydrogens (tertiary/aromatic N) is 1. The minimum Gasteiger partial charge on any atom is -0.493 e. The molecular weight excluding hydrogens is 342 g/mol. The van der Waals surface area contributed by atoms with Crippen LogP contribution < -0.4 is 0 Å². The third kappa shape index (κ3) is 9.56. The SMILES string of the molecule is C=C1OCC(CC)C=C/C1=C/C(=C)[N+](=O)[O-].CC.Cc1ccc(CO)cc1. The Bertz CT molecular complexity index is 672. The topological polar surface area (TPSA) is 72.6 Å². The summed E-state index contributed by atoms with van der Waals surface area (Å²) in [6.45, 7) is 15.9. The summed E-state index contributed by atoms with van der Waals surface area (Å²) in [6.07, 6.45) is 6.12. The lowest BCUT2D eigenvalue weighted by Gasteiger charge is -2.09. The van der Waals surface area contributed by atoms with Crippen LogP contribution in [0.4, 0.5) is 0 Å². The second kappa shape index (κ2) is 13.5. The van der Waals surface area contributed by atoms with E-state index in [9.17, 15) is 10.1 Å². The molecule has 1 aliphatic heterocycles. The first-order valence-corrected chi connectivity index (χ1v) is 9.09. The largest absolute Gasteiger partial charge is 0.493 e. The van der Waals surface area contributed by atoms with Crippen LogP contribution in [0.2, 0.25) is 0 Å². The molecule has 0 bridgehead atoms. The Hall–Kier alpha value is -2.66. The molecule has 0 amide bonds. The van der Waals surface area contributed by atoms with Crippen LogP contribution in [0, 0.1) is 23.0 Å². The molecule has 1 heterocycles. The molecule has 1 aliphatic rings. The van der Waals surface area contributed by atoms with Gasteiger partial charge in [0.25, 0.3) is 5.70 Å². The number of allylic oxidation sites excluding steroid dienone is 2. The zero-order valence-electron chi connectivity index (χ0n) is 16.8. The van der Waals surface area contributed by atoms with Gasteiger partial charge in [0.2, 0.25) is 0 Å². The maximum absolute atomic E-state index is 10.5. The Morgan fingerprint density at radius 2 is 1.96 bits per heavy atom. The monoisotopic (exact) mass is 373 g/mol. The highest BCUT2D eigenvalue weighted by molar-refractivity contribution is 5.39. The number of aryl methyl sites for hydroxylation is 1. The van der Waals surface area contributed by atoms with Crippen molar-refractivity contribution in [3.8, 4) is 0 Å². The molecular formula is C22H31NO4. The average Bonchev–Trinajstić information content (AvgIpc) is 2.86. The number of aliphatic hydroxyl groups excluding tert-OH is 1. The number of hydrogen-bond acceptors (Lipinski definition) is 4. The van der Waals surface area contributed by atoms with Gasteiger partial charge in [0.05, 0.1) is 18.1 Å². The van der Waals surface area contributed by atoms with Gasteiger partial charge in [-0.15, -0.1) is 0 Å². The maximum Gasteiger partial charge on any atom is 0.263 e. The van der Waals surface area contributed by atoms with Gasteiger partial charge >= 0.3 is 0 Å². The quantitative estimate of drug-likeness (QED) is 0.571. The third-order valence-electron chi connectivity index (χ3n) is 3.73. The van der Waals surface area contributed by atoms with Crippen LogP contribution in [0.1, 0.15) is 38.3 Å². The Kier molecular flexibility index (Phi) is 12.2. The van der Waals surface area contributed by atoms with Gasteiger partial charge in [-0.3, -0.25) is 10.1 Å². The van der Waals surface area contributed by atoms with Gasteiger partial charge in [-0.25, -0.2) is 0 Å². The smallest absolute Gasteiger partial charge is 0.263 e. The maximum atomic E-state index is 10.5. The molecule has 0 saturated heterocycles. The van der Waals surface area contributed by atoms with Crippen molar-refractivity contribution in [3.63, 3.8) is 0 Å². The summed E-state index contributed by atoms with van der Waals surface area (Å²) in [6, 6.07) is 7.84. The van der Waals surface area contributed by atoms with Gasteiger partial charge in [0.1, 0.15) is 5.76 Å². The summed E-state index contributed by atoms with van der Waals surface area (Å²) in [7, 11) is 0. The van der Waals surface area contributed by atoms with E-state index in [4.69, 9.17) is 9.84 Å². The van der Waals surface area contributed by atoms with Crippen LogP contribution in [0.3, 0.4) is 0 Å². The van der Waals surface area contributed by atoms with Gasteiger partial charge in [-0.1, -0.05) is 69.3 Å². The Morgan fingerprint density at radius 3 is 2.44 bits per heavy atom. The number of nitro groups is 1. The minimum absolute atomic E-state index is 0.139. The van der Waals surface area contributed by atoms with Crippen LogP contribution in [0.25, 0.3) is 0 Å². The van der Waals surface area contributed by atoms with Crippen LogP contribution in [0.5, 0.6) is 0 Å². The van der Waals surface area contributed by atoms with Gasteiger partial charge in [0, 0.05) is 17.6 Å². The summed E-state index contributed by atoms with van der Waals surface area (Å²) < 4.78 is 5.41. The van der Waals surface area contributed by atoms with Crippen LogP contribution in [-0.2, 0) is 11.3 Å². The van der Waals surface area contributed by atoms with E-state index in [2.05, 4.69) is 20.1 Å². The minimum atomic E-state index is -0.531. The summed E-state index contributed by atoms with van der Waals surface area (Å²) in [4.78, 5) is 9.92. The Morgan fingerprint density at radius 1 is 1.37 bits per heavy atom. The summed E-state index contributed by atoms with van der Waals surface area (Å²) in [5, 5.41) is 19.1. The van der Waals surface area contributed by atoms with E-state index in [-0.39, 0.29) is 12.3 Å². The molecule has 0 saturated carbocycles. The molecule has 5 heteroatoms. The lowest BCUT2D eigenvalue weighted by Crippen LogP contribution is -2.03. The fourth-order valence-electron chi connectivity index (χ4n) is 1.99. The molecule has 148 valence electrons. The van der Waals surface area contributed by atoms with Gasteiger partial charge in [-0.2, -0.15) is 0 Å². The number of benzene rings is 1. The third-order valence-corrected chi connectivity index (χ3v) is 3.73. The molecule has 0 aromatic heterocycles. The van der Waals surface area contributed by atoms with E-state index in [1.807, 2.05) is 51.1 Å². The fourth-order valence-corrected chi connectivity index (χ4v) is 1.99. The van der Waals surface area contributed by atoms with Gasteiger partial charge in [-0.05, 0) is 25.5 Å². The first-order valence-electron chi connectivity index (χ1n) is 9.09. The molecule has 27 heavy (non-hydrogen) atoms. The first kappa shape index (κ1) is 24.3. The molecule has 1 N–H and O–H groups in total. The number of ether oxygens (including phenoxy) is 1. The van der Waals surface area contributed by atoms with Gasteiger partial charge in [0.15, 0.2) is 0 Å². The molecule has 1 unspecified atom stereocenters. The number of aliphatic hydroxyl groups is 1. The highest BCUT2D eigenvalue weighted by Crippen LogP contribution is 2.21. The van der Waals surface area contributed by atoms with E-state index in [0.717, 1.165) is 12.0 Å². The molecule has 1 aromatic rings. The Balaban J connectivity index is 0.000000519. The molecule has 2 rings (SSSR count). The van der Waals surface area contributed by atoms with Crippen LogP contribution >= 0.6 is 0 Å². The highest BCUT2D eigenvalue weighted by Gasteiger charge is 2.13. The molecule has 0 fully saturated rings. The molecule has 0 radical (unpaired) electrons. The predicted molar refractivity (Wildman–Crippen MR) is 111 cm³/mol. The van der Waals surface area contributed by atoms with Crippen molar-refractivity contribution < 1.29 is 14.8 Å². The highest BCUT2D eigenvalue weighted by atomic mass is 16.6. The standard InChI is InChI=1S/C12H15NO3.C8H10O.C2H6/c1-4-11-5-6-12(10(3)16-8-11)7-9(2)13(14)15;1-7-2-4-8(6-9)5-3-7;1-2/h5-7,11H,2-4,8H2,1H3;2-5,9H,6H2,1H3;1-2H3/b12-7-;;. The Labute approximate surface area is 162 Å². The second-order valence-corrected chi connectivity index (χ2v) is 5.75. The average molecular weight is 373 g/mol. The van der Waals surface area contributed by atoms with Crippen molar-refractivity contribution in [2.75, 3.05) is 6.61 Å². The molecule has 0 spiro atoms. The van der Waals surface area contributed by atoms with Gasteiger partial charge < -0.3 is 9.84 Å². The summed E-state index contributed by atoms with van der Waals surface area (Å²) >= 11 is 0. The van der Waals surface area contributed by atoms with E-state index >= 15 is 0 Å². The van der Waals surface area contributed by atoms with E-state index in [0.29, 0.717) is 23.9 Å². The van der Waals surface area contributed by atoms with Crippen LogP contribution in [-0.4, -0.2) is 16.6 Å². The van der Waals surface area contributed by atoms with Crippen molar-refractivity contribution in [1.29, 1.82) is 0 Å². The zero-order chi connectivity index (χ0) is 20.8. The predicted octanol–water partition coefficient (Wildman–Crippen LogP) is 5.34. The van der Waals surface area contributed by atoms with Crippen molar-refractivity contribution >= 4 is 0 Å². The van der Waals surface area contributed by atoms with Crippen molar-refractivity contribution in [2.45, 2.75) is 40.7 Å². The molecule has 5 nitrogen and oxygen atoms in total. The van der Waals surface area contributed by atoms with Crippen molar-refractivity contribution in [1.82, 2.24) is 0 Å². The van der Waals surface area contributed by atoms with E-state index in [1.165, 1.54) is 11.6 Å². The first-order chi connectivity index (χ1) is 12.9. The lowest BCUT2D eigenvalue weighted by molar-refractivity contribution is -0.418. The second-order valence-electron chi connectivity index (χ2n) is 5.75. The molecule has 1 aromatic carbocycles. The normalized spacial score (nSPS) is 16.9. The molecule has 0 aliphatic carbocycles. The van der Waals surface area contributed by atoms with Crippen molar-refractivity contribution in [3.05, 3.63) is 93.9 Å². The fraction of sp³-hybridized carbons (Fsp3) is 0.364. The van der Waals surface area contributed by atoms with E-state index in [1.54, 1.807) is 6.08 Å². The molecule has 1 atom stereocenters. The summed E-state index contributed by atoms with van der Waals surface area (Å²) in [5.41, 5.74) is 2.64. The van der Waals surface area contributed by atoms with Crippen LogP contribution in [0.15, 0.2) is 72.7 Å². The van der Waals surface area contributed by atoms with Crippen molar-refractivity contribution in [2.24, 2.45) is 5.92 Å². The zero-order valence-corrected chi connectivity index (χ0v) is 16.8. The number of hydrogen-bond donors (Lipinski definition) is 1. The van der Waals surface area contributed by atoms with E-state index < -0.39 is 4.92 Å². The lowest BCUT2D eigenvalue weighted by atomic mass is 10.1. The number of rotatable bonds is 4.